The van der Waals surface area contributed by atoms with Crippen molar-refractivity contribution in [2.24, 2.45) is 0 Å². The van der Waals surface area contributed by atoms with Gasteiger partial charge in [-0.15, -0.1) is 0 Å². The van der Waals surface area contributed by atoms with E-state index in [0.717, 1.165) is 23.5 Å². The van der Waals surface area contributed by atoms with Gasteiger partial charge in [0.2, 0.25) is 0 Å². The fourth-order valence-corrected chi connectivity index (χ4v) is 1.77. The Bertz CT molecular complexity index is 441. The number of rotatable bonds is 6. The minimum absolute atomic E-state index is 0.0616. The van der Waals surface area contributed by atoms with Crippen LogP contribution in [0.25, 0.3) is 0 Å². The minimum Gasteiger partial charge on any atom is -0.497 e. The molecule has 0 aromatic heterocycles. The van der Waals surface area contributed by atoms with Crippen molar-refractivity contribution in [2.45, 2.75) is 13.0 Å². The zero-order valence-corrected chi connectivity index (χ0v) is 11.0. The smallest absolute Gasteiger partial charge is 0.119 e. The maximum absolute atomic E-state index is 8.94. The molecule has 0 spiro atoms. The topological polar surface area (TPSA) is 38.7 Å². The molecule has 0 aliphatic heterocycles. The Balaban J connectivity index is 1.81. The molecule has 0 saturated carbocycles. The highest BCUT2D eigenvalue weighted by molar-refractivity contribution is 5.28. The van der Waals surface area contributed by atoms with E-state index >= 15 is 0 Å². The lowest BCUT2D eigenvalue weighted by atomic mass is 10.1. The van der Waals surface area contributed by atoms with Gasteiger partial charge in [-0.25, -0.2) is 0 Å². The highest BCUT2D eigenvalue weighted by atomic mass is 16.5. The summed E-state index contributed by atoms with van der Waals surface area (Å²) in [6.07, 6.45) is 0.853. The summed E-state index contributed by atoms with van der Waals surface area (Å²) in [5.74, 6) is 1.69. The van der Waals surface area contributed by atoms with Crippen molar-refractivity contribution >= 4 is 0 Å². The molecule has 0 atom stereocenters. The Kier molecular flexibility index (Phi) is 4.81. The van der Waals surface area contributed by atoms with Gasteiger partial charge in [-0.3, -0.25) is 0 Å². The van der Waals surface area contributed by atoms with Crippen molar-refractivity contribution in [3.63, 3.8) is 0 Å². The van der Waals surface area contributed by atoms with Gasteiger partial charge in [0.25, 0.3) is 0 Å². The number of aliphatic hydroxyl groups is 1. The third-order valence-corrected chi connectivity index (χ3v) is 2.92. The molecule has 2 aromatic rings. The van der Waals surface area contributed by atoms with E-state index in [4.69, 9.17) is 14.6 Å². The lowest BCUT2D eigenvalue weighted by molar-refractivity contribution is 0.281. The SMILES string of the molecule is COc1ccc(CCOc2ccc(CO)cc2)cc1. The summed E-state index contributed by atoms with van der Waals surface area (Å²) in [4.78, 5) is 0. The van der Waals surface area contributed by atoms with Crippen molar-refractivity contribution in [2.75, 3.05) is 13.7 Å². The number of hydrogen-bond donors (Lipinski definition) is 1. The van der Waals surface area contributed by atoms with Gasteiger partial charge in [0.15, 0.2) is 0 Å². The van der Waals surface area contributed by atoms with Crippen molar-refractivity contribution in [1.29, 1.82) is 0 Å². The van der Waals surface area contributed by atoms with Crippen molar-refractivity contribution in [1.82, 2.24) is 0 Å². The van der Waals surface area contributed by atoms with Crippen molar-refractivity contribution in [3.8, 4) is 11.5 Å². The van der Waals surface area contributed by atoms with Crippen LogP contribution in [0.3, 0.4) is 0 Å². The van der Waals surface area contributed by atoms with Crippen molar-refractivity contribution in [3.05, 3.63) is 59.7 Å². The van der Waals surface area contributed by atoms with Crippen LogP contribution in [0.4, 0.5) is 0 Å². The molecule has 0 aliphatic carbocycles. The van der Waals surface area contributed by atoms with Crippen LogP contribution in [0, 0.1) is 0 Å². The summed E-state index contributed by atoms with van der Waals surface area (Å²) in [5, 5.41) is 8.94. The fourth-order valence-electron chi connectivity index (χ4n) is 1.77. The number of ether oxygens (including phenoxy) is 2. The number of aliphatic hydroxyl groups excluding tert-OH is 1. The lowest BCUT2D eigenvalue weighted by Crippen LogP contribution is -2.01. The molecule has 2 aromatic carbocycles. The second-order valence-corrected chi connectivity index (χ2v) is 4.25. The Labute approximate surface area is 113 Å². The van der Waals surface area contributed by atoms with Gasteiger partial charge in [-0.1, -0.05) is 24.3 Å². The number of benzene rings is 2. The molecule has 3 nitrogen and oxygen atoms in total. The van der Waals surface area contributed by atoms with E-state index in [1.165, 1.54) is 5.56 Å². The first kappa shape index (κ1) is 13.4. The highest BCUT2D eigenvalue weighted by Gasteiger charge is 1.97. The van der Waals surface area contributed by atoms with E-state index in [9.17, 15) is 0 Å². The van der Waals surface area contributed by atoms with Crippen LogP contribution in [0.5, 0.6) is 11.5 Å². The van der Waals surface area contributed by atoms with Gasteiger partial charge in [-0.2, -0.15) is 0 Å². The monoisotopic (exact) mass is 258 g/mol. The van der Waals surface area contributed by atoms with Gasteiger partial charge >= 0.3 is 0 Å². The largest absolute Gasteiger partial charge is 0.497 e. The second-order valence-electron chi connectivity index (χ2n) is 4.25. The molecule has 0 unspecified atom stereocenters. The van der Waals surface area contributed by atoms with Gasteiger partial charge in [0.05, 0.1) is 20.3 Å². The molecule has 2 rings (SSSR count). The lowest BCUT2D eigenvalue weighted by Gasteiger charge is -2.07. The first-order valence-corrected chi connectivity index (χ1v) is 6.27. The Morgan fingerprint density at radius 1 is 0.842 bits per heavy atom. The third kappa shape index (κ3) is 4.00. The van der Waals surface area contributed by atoms with Gasteiger partial charge in [0, 0.05) is 6.42 Å². The van der Waals surface area contributed by atoms with E-state index in [-0.39, 0.29) is 6.61 Å². The second kappa shape index (κ2) is 6.81. The number of methoxy groups -OCH3 is 1. The summed E-state index contributed by atoms with van der Waals surface area (Å²) in [7, 11) is 1.66. The first-order valence-electron chi connectivity index (χ1n) is 6.27. The van der Waals surface area contributed by atoms with E-state index < -0.39 is 0 Å². The minimum atomic E-state index is 0.0616. The molecule has 19 heavy (non-hydrogen) atoms. The summed E-state index contributed by atoms with van der Waals surface area (Å²) in [5.41, 5.74) is 2.11. The van der Waals surface area contributed by atoms with Gasteiger partial charge < -0.3 is 14.6 Å². The Morgan fingerprint density at radius 2 is 1.42 bits per heavy atom. The van der Waals surface area contributed by atoms with E-state index in [0.29, 0.717) is 6.61 Å². The molecule has 3 heteroatoms. The van der Waals surface area contributed by atoms with Crippen LogP contribution in [0.2, 0.25) is 0 Å². The average Bonchev–Trinajstić information content (AvgIpc) is 2.49. The Morgan fingerprint density at radius 3 is 2.00 bits per heavy atom. The zero-order valence-electron chi connectivity index (χ0n) is 11.0. The first-order chi connectivity index (χ1) is 9.31. The molecule has 0 saturated heterocycles. The summed E-state index contributed by atoms with van der Waals surface area (Å²) < 4.78 is 10.8. The summed E-state index contributed by atoms with van der Waals surface area (Å²) in [6.45, 7) is 0.691. The van der Waals surface area contributed by atoms with Gasteiger partial charge in [-0.05, 0) is 35.4 Å². The zero-order chi connectivity index (χ0) is 13.5. The standard InChI is InChI=1S/C16H18O3/c1-18-15-6-2-13(3-7-15)10-11-19-16-8-4-14(12-17)5-9-16/h2-9,17H,10-12H2,1H3. The maximum atomic E-state index is 8.94. The quantitative estimate of drug-likeness (QED) is 0.866. The van der Waals surface area contributed by atoms with Crippen LogP contribution in [0.15, 0.2) is 48.5 Å². The predicted octanol–water partition coefficient (Wildman–Crippen LogP) is 2.81. The van der Waals surface area contributed by atoms with E-state index in [1.54, 1.807) is 7.11 Å². The molecular formula is C16H18O3. The number of hydrogen-bond acceptors (Lipinski definition) is 3. The summed E-state index contributed by atoms with van der Waals surface area (Å²) in [6, 6.07) is 15.5. The van der Waals surface area contributed by atoms with Gasteiger partial charge in [0.1, 0.15) is 11.5 Å². The van der Waals surface area contributed by atoms with Crippen molar-refractivity contribution < 1.29 is 14.6 Å². The molecule has 1 N–H and O–H groups in total. The van der Waals surface area contributed by atoms with Crippen LogP contribution in [-0.2, 0) is 13.0 Å². The highest BCUT2D eigenvalue weighted by Crippen LogP contribution is 2.14. The molecule has 0 heterocycles. The van der Waals surface area contributed by atoms with Crippen LogP contribution >= 0.6 is 0 Å². The predicted molar refractivity (Wildman–Crippen MR) is 74.6 cm³/mol. The molecular weight excluding hydrogens is 240 g/mol. The van der Waals surface area contributed by atoms with E-state index in [1.807, 2.05) is 48.5 Å². The molecule has 0 aliphatic rings. The maximum Gasteiger partial charge on any atom is 0.119 e. The Hall–Kier alpha value is -2.00. The molecule has 100 valence electrons. The normalized spacial score (nSPS) is 10.2. The van der Waals surface area contributed by atoms with Crippen LogP contribution < -0.4 is 9.47 Å². The average molecular weight is 258 g/mol. The molecule has 0 bridgehead atoms. The van der Waals surface area contributed by atoms with Crippen LogP contribution in [0.1, 0.15) is 11.1 Å². The fraction of sp³-hybridized carbons (Fsp3) is 0.250. The molecule has 0 radical (unpaired) electrons. The molecule has 0 fully saturated rings. The van der Waals surface area contributed by atoms with Crippen LogP contribution in [-0.4, -0.2) is 18.8 Å². The summed E-state index contributed by atoms with van der Waals surface area (Å²) >= 11 is 0. The molecule has 0 amide bonds. The third-order valence-electron chi connectivity index (χ3n) is 2.92. The van der Waals surface area contributed by atoms with E-state index in [2.05, 4.69) is 0 Å².